The highest BCUT2D eigenvalue weighted by Gasteiger charge is 2.31. The van der Waals surface area contributed by atoms with Gasteiger partial charge in [0.15, 0.2) is 0 Å². The molecule has 1 unspecified atom stereocenters. The SMILES string of the molecule is CNC(C)(C)C1CCc2cccc(F)c2C1. The maximum atomic E-state index is 13.7. The number of fused-ring (bicyclic) bond motifs is 1. The van der Waals surface area contributed by atoms with Gasteiger partial charge >= 0.3 is 0 Å². The monoisotopic (exact) mass is 221 g/mol. The molecule has 1 aliphatic rings. The molecule has 0 saturated heterocycles. The second kappa shape index (κ2) is 4.17. The van der Waals surface area contributed by atoms with Gasteiger partial charge in [-0.25, -0.2) is 4.39 Å². The standard InChI is InChI=1S/C14H20FN/c1-14(2,16-3)11-8-7-10-5-4-6-13(15)12(10)9-11/h4-6,11,16H,7-9H2,1-3H3. The highest BCUT2D eigenvalue weighted by atomic mass is 19.1. The lowest BCUT2D eigenvalue weighted by Gasteiger charge is -2.37. The summed E-state index contributed by atoms with van der Waals surface area (Å²) in [5.74, 6) is 0.482. The molecule has 1 aliphatic carbocycles. The van der Waals surface area contributed by atoms with Gasteiger partial charge in [-0.1, -0.05) is 12.1 Å². The second-order valence-electron chi connectivity index (χ2n) is 5.29. The zero-order chi connectivity index (χ0) is 11.8. The fourth-order valence-electron chi connectivity index (χ4n) is 2.56. The van der Waals surface area contributed by atoms with E-state index in [2.05, 4.69) is 25.2 Å². The van der Waals surface area contributed by atoms with Gasteiger partial charge in [0.1, 0.15) is 5.82 Å². The Labute approximate surface area is 97.1 Å². The summed E-state index contributed by atoms with van der Waals surface area (Å²) >= 11 is 0. The van der Waals surface area contributed by atoms with Crippen LogP contribution < -0.4 is 5.32 Å². The van der Waals surface area contributed by atoms with Crippen LogP contribution in [0.25, 0.3) is 0 Å². The van der Waals surface area contributed by atoms with Crippen molar-refractivity contribution in [2.24, 2.45) is 5.92 Å². The average molecular weight is 221 g/mol. The van der Waals surface area contributed by atoms with E-state index in [1.54, 1.807) is 6.07 Å². The minimum absolute atomic E-state index is 0.0332. The molecule has 88 valence electrons. The lowest BCUT2D eigenvalue weighted by molar-refractivity contribution is 0.241. The van der Waals surface area contributed by atoms with Crippen LogP contribution >= 0.6 is 0 Å². The van der Waals surface area contributed by atoms with Gasteiger partial charge in [-0.3, -0.25) is 0 Å². The van der Waals surface area contributed by atoms with E-state index in [9.17, 15) is 4.39 Å². The van der Waals surface area contributed by atoms with Gasteiger partial charge in [0, 0.05) is 5.54 Å². The molecule has 0 saturated carbocycles. The van der Waals surface area contributed by atoms with Gasteiger partial charge in [-0.05, 0) is 63.3 Å². The third-order valence-corrected chi connectivity index (χ3v) is 4.09. The molecule has 1 aromatic carbocycles. The summed E-state index contributed by atoms with van der Waals surface area (Å²) in [6.07, 6.45) is 3.00. The molecule has 0 spiro atoms. The van der Waals surface area contributed by atoms with Crippen LogP contribution in [0.5, 0.6) is 0 Å². The van der Waals surface area contributed by atoms with Crippen molar-refractivity contribution in [2.75, 3.05) is 7.05 Å². The van der Waals surface area contributed by atoms with Gasteiger partial charge in [0.2, 0.25) is 0 Å². The number of nitrogens with one attached hydrogen (secondary N) is 1. The Kier molecular flexibility index (Phi) is 3.02. The van der Waals surface area contributed by atoms with Gasteiger partial charge in [-0.15, -0.1) is 0 Å². The number of hydrogen-bond acceptors (Lipinski definition) is 1. The van der Waals surface area contributed by atoms with Crippen LogP contribution in [0.3, 0.4) is 0 Å². The molecule has 2 rings (SSSR count). The molecular formula is C14H20FN. The molecule has 0 aromatic heterocycles. The second-order valence-corrected chi connectivity index (χ2v) is 5.29. The lowest BCUT2D eigenvalue weighted by atomic mass is 9.74. The highest BCUT2D eigenvalue weighted by molar-refractivity contribution is 5.31. The summed E-state index contributed by atoms with van der Waals surface area (Å²) < 4.78 is 13.7. The van der Waals surface area contributed by atoms with Crippen LogP contribution in [-0.2, 0) is 12.8 Å². The molecule has 1 nitrogen and oxygen atoms in total. The van der Waals surface area contributed by atoms with Crippen LogP contribution in [0.2, 0.25) is 0 Å². The van der Waals surface area contributed by atoms with Crippen molar-refractivity contribution in [3.63, 3.8) is 0 Å². The molecule has 1 atom stereocenters. The summed E-state index contributed by atoms with van der Waals surface area (Å²) in [7, 11) is 1.98. The molecule has 0 radical (unpaired) electrons. The minimum Gasteiger partial charge on any atom is -0.315 e. The first-order valence-corrected chi connectivity index (χ1v) is 6.00. The zero-order valence-corrected chi connectivity index (χ0v) is 10.3. The normalized spacial score (nSPS) is 20.6. The lowest BCUT2D eigenvalue weighted by Crippen LogP contribution is -2.46. The number of aryl methyl sites for hydroxylation is 1. The van der Waals surface area contributed by atoms with E-state index in [1.807, 2.05) is 13.1 Å². The van der Waals surface area contributed by atoms with E-state index in [-0.39, 0.29) is 11.4 Å². The third kappa shape index (κ3) is 1.99. The van der Waals surface area contributed by atoms with Crippen LogP contribution in [0.1, 0.15) is 31.4 Å². The summed E-state index contributed by atoms with van der Waals surface area (Å²) in [6.45, 7) is 4.40. The topological polar surface area (TPSA) is 12.0 Å². The van der Waals surface area contributed by atoms with Gasteiger partial charge in [0.25, 0.3) is 0 Å². The van der Waals surface area contributed by atoms with Crippen LogP contribution in [0.4, 0.5) is 4.39 Å². The quantitative estimate of drug-likeness (QED) is 0.809. The molecule has 0 heterocycles. The van der Waals surface area contributed by atoms with Gasteiger partial charge < -0.3 is 5.32 Å². The van der Waals surface area contributed by atoms with E-state index in [0.29, 0.717) is 5.92 Å². The number of halogens is 1. The summed E-state index contributed by atoms with van der Waals surface area (Å²) in [5.41, 5.74) is 2.21. The molecular weight excluding hydrogens is 201 g/mol. The van der Waals surface area contributed by atoms with Crippen molar-refractivity contribution in [2.45, 2.75) is 38.6 Å². The van der Waals surface area contributed by atoms with Crippen LogP contribution in [0, 0.1) is 11.7 Å². The molecule has 1 aromatic rings. The van der Waals surface area contributed by atoms with Crippen molar-refractivity contribution in [1.29, 1.82) is 0 Å². The first-order valence-electron chi connectivity index (χ1n) is 6.00. The Morgan fingerprint density at radius 2 is 2.12 bits per heavy atom. The van der Waals surface area contributed by atoms with Gasteiger partial charge in [0.05, 0.1) is 0 Å². The predicted octanol–water partition coefficient (Wildman–Crippen LogP) is 2.93. The molecule has 0 bridgehead atoms. The van der Waals surface area contributed by atoms with Crippen molar-refractivity contribution in [3.05, 3.63) is 35.1 Å². The van der Waals surface area contributed by atoms with Gasteiger partial charge in [-0.2, -0.15) is 0 Å². The number of hydrogen-bond donors (Lipinski definition) is 1. The van der Waals surface area contributed by atoms with E-state index in [1.165, 1.54) is 5.56 Å². The first-order chi connectivity index (χ1) is 7.54. The maximum Gasteiger partial charge on any atom is 0.126 e. The smallest absolute Gasteiger partial charge is 0.126 e. The van der Waals surface area contributed by atoms with Crippen molar-refractivity contribution in [1.82, 2.24) is 5.32 Å². The largest absolute Gasteiger partial charge is 0.315 e. The fraction of sp³-hybridized carbons (Fsp3) is 0.571. The fourth-order valence-corrected chi connectivity index (χ4v) is 2.56. The third-order valence-electron chi connectivity index (χ3n) is 4.09. The van der Waals surface area contributed by atoms with E-state index in [4.69, 9.17) is 0 Å². The minimum atomic E-state index is -0.0332. The molecule has 1 N–H and O–H groups in total. The molecule has 2 heteroatoms. The number of rotatable bonds is 2. The Hall–Kier alpha value is -0.890. The Morgan fingerprint density at radius 3 is 2.81 bits per heavy atom. The molecule has 0 fully saturated rings. The van der Waals surface area contributed by atoms with E-state index in [0.717, 1.165) is 24.8 Å². The van der Waals surface area contributed by atoms with Crippen molar-refractivity contribution < 1.29 is 4.39 Å². The first kappa shape index (κ1) is 11.6. The predicted molar refractivity (Wildman–Crippen MR) is 65.1 cm³/mol. The Bertz CT molecular complexity index is 384. The Balaban J connectivity index is 2.27. The van der Waals surface area contributed by atoms with Crippen LogP contribution in [0.15, 0.2) is 18.2 Å². The van der Waals surface area contributed by atoms with E-state index < -0.39 is 0 Å². The highest BCUT2D eigenvalue weighted by Crippen LogP contribution is 2.33. The van der Waals surface area contributed by atoms with Crippen molar-refractivity contribution >= 4 is 0 Å². The molecule has 0 amide bonds. The summed E-state index contributed by atoms with van der Waals surface area (Å²) in [4.78, 5) is 0. The molecule has 16 heavy (non-hydrogen) atoms. The van der Waals surface area contributed by atoms with E-state index >= 15 is 0 Å². The number of benzene rings is 1. The Morgan fingerprint density at radius 1 is 1.38 bits per heavy atom. The summed E-state index contributed by atoms with van der Waals surface area (Å²) in [6, 6.07) is 5.45. The van der Waals surface area contributed by atoms with Crippen molar-refractivity contribution in [3.8, 4) is 0 Å². The summed E-state index contributed by atoms with van der Waals surface area (Å²) in [5, 5.41) is 3.34. The van der Waals surface area contributed by atoms with Crippen LogP contribution in [-0.4, -0.2) is 12.6 Å². The molecule has 0 aliphatic heterocycles. The maximum absolute atomic E-state index is 13.7. The average Bonchev–Trinajstić information content (AvgIpc) is 2.29. The zero-order valence-electron chi connectivity index (χ0n) is 10.3.